The van der Waals surface area contributed by atoms with Gasteiger partial charge in [-0.15, -0.1) is 0 Å². The van der Waals surface area contributed by atoms with Crippen molar-refractivity contribution in [2.45, 2.75) is 19.9 Å². The van der Waals surface area contributed by atoms with Gasteiger partial charge in [0.2, 0.25) is 5.91 Å². The zero-order valence-electron chi connectivity index (χ0n) is 13.6. The molecule has 1 atom stereocenters. The van der Waals surface area contributed by atoms with E-state index in [1.165, 1.54) is 0 Å². The summed E-state index contributed by atoms with van der Waals surface area (Å²) in [4.78, 5) is 25.1. The number of nitrogens with one attached hydrogen (secondary N) is 1. The van der Waals surface area contributed by atoms with Crippen LogP contribution < -0.4 is 11.1 Å². The first-order valence-electron chi connectivity index (χ1n) is 7.79. The highest BCUT2D eigenvalue weighted by Crippen LogP contribution is 2.25. The minimum absolute atomic E-state index is 0.0399. The molecule has 0 aliphatic carbocycles. The number of pyridine rings is 1. The molecule has 0 aliphatic rings. The summed E-state index contributed by atoms with van der Waals surface area (Å²) in [5, 5.41) is 4.03. The van der Waals surface area contributed by atoms with Gasteiger partial charge in [0.05, 0.1) is 5.52 Å². The van der Waals surface area contributed by atoms with Crippen molar-refractivity contribution in [2.75, 3.05) is 5.32 Å². The summed E-state index contributed by atoms with van der Waals surface area (Å²) < 4.78 is 0. The number of benzene rings is 1. The van der Waals surface area contributed by atoms with E-state index in [-0.39, 0.29) is 5.92 Å². The number of amides is 1. The van der Waals surface area contributed by atoms with Crippen molar-refractivity contribution >= 4 is 22.6 Å². The van der Waals surface area contributed by atoms with E-state index in [0.29, 0.717) is 11.6 Å². The third-order valence-corrected chi connectivity index (χ3v) is 3.79. The van der Waals surface area contributed by atoms with Gasteiger partial charge >= 0.3 is 0 Å². The van der Waals surface area contributed by atoms with E-state index in [1.807, 2.05) is 50.2 Å². The Hall–Kier alpha value is -3.02. The van der Waals surface area contributed by atoms with E-state index in [1.54, 1.807) is 12.4 Å². The maximum Gasteiger partial charge on any atom is 0.240 e. The lowest BCUT2D eigenvalue weighted by Crippen LogP contribution is -2.39. The molecule has 0 bridgehead atoms. The predicted octanol–water partition coefficient (Wildman–Crippen LogP) is 2.61. The molecule has 3 rings (SSSR count). The van der Waals surface area contributed by atoms with Crippen LogP contribution in [0.4, 0.5) is 5.82 Å². The number of hydrogen-bond donors (Lipinski definition) is 2. The molecular formula is C18H19N5O. The lowest BCUT2D eigenvalue weighted by molar-refractivity contribution is -0.119. The Labute approximate surface area is 140 Å². The third-order valence-electron chi connectivity index (χ3n) is 3.79. The monoisotopic (exact) mass is 321 g/mol. The largest absolute Gasteiger partial charge is 0.368 e. The van der Waals surface area contributed by atoms with Gasteiger partial charge < -0.3 is 11.1 Å². The molecule has 0 fully saturated rings. The van der Waals surface area contributed by atoms with Crippen LogP contribution in [0.25, 0.3) is 22.3 Å². The lowest BCUT2D eigenvalue weighted by atomic mass is 10.0. The number of fused-ring (bicyclic) bond motifs is 1. The number of primary amides is 1. The molecule has 3 aromatic rings. The summed E-state index contributed by atoms with van der Waals surface area (Å²) in [6, 6.07) is 10.9. The highest BCUT2D eigenvalue weighted by Gasteiger charge is 2.21. The van der Waals surface area contributed by atoms with Crippen LogP contribution in [-0.4, -0.2) is 26.9 Å². The predicted molar refractivity (Wildman–Crippen MR) is 94.2 cm³/mol. The van der Waals surface area contributed by atoms with E-state index in [2.05, 4.69) is 20.3 Å². The molecule has 1 amide bonds. The topological polar surface area (TPSA) is 93.8 Å². The Morgan fingerprint density at radius 3 is 2.58 bits per heavy atom. The molecule has 0 saturated heterocycles. The fourth-order valence-electron chi connectivity index (χ4n) is 2.52. The normalized spacial score (nSPS) is 12.3. The van der Waals surface area contributed by atoms with Gasteiger partial charge in [-0.3, -0.25) is 9.78 Å². The molecule has 24 heavy (non-hydrogen) atoms. The van der Waals surface area contributed by atoms with Crippen LogP contribution in [0.2, 0.25) is 0 Å². The summed E-state index contributed by atoms with van der Waals surface area (Å²) in [6.45, 7) is 3.88. The number of nitrogens with zero attached hydrogens (tertiary/aromatic N) is 3. The summed E-state index contributed by atoms with van der Waals surface area (Å²) in [5.74, 6) is 0.780. The molecule has 0 aliphatic heterocycles. The highest BCUT2D eigenvalue weighted by atomic mass is 16.1. The van der Waals surface area contributed by atoms with Gasteiger partial charge in [0.15, 0.2) is 5.82 Å². The second-order valence-corrected chi connectivity index (χ2v) is 5.92. The Kier molecular flexibility index (Phi) is 4.37. The Balaban J connectivity index is 2.13. The summed E-state index contributed by atoms with van der Waals surface area (Å²) >= 11 is 0. The molecule has 2 aromatic heterocycles. The number of carbonyl (C=O) groups is 1. The van der Waals surface area contributed by atoms with E-state index in [4.69, 9.17) is 5.73 Å². The molecule has 6 nitrogen and oxygen atoms in total. The third kappa shape index (κ3) is 3.17. The average molecular weight is 321 g/mol. The highest BCUT2D eigenvalue weighted by molar-refractivity contribution is 5.93. The Morgan fingerprint density at radius 2 is 1.92 bits per heavy atom. The first-order chi connectivity index (χ1) is 11.6. The average Bonchev–Trinajstić information content (AvgIpc) is 2.59. The van der Waals surface area contributed by atoms with Gasteiger partial charge in [-0.2, -0.15) is 0 Å². The Bertz CT molecular complexity index is 864. The maximum absolute atomic E-state index is 11.7. The first kappa shape index (κ1) is 15.9. The van der Waals surface area contributed by atoms with Crippen LogP contribution in [0.15, 0.2) is 48.8 Å². The van der Waals surface area contributed by atoms with Crippen LogP contribution in [0.3, 0.4) is 0 Å². The zero-order valence-corrected chi connectivity index (χ0v) is 13.6. The van der Waals surface area contributed by atoms with Crippen LogP contribution >= 0.6 is 0 Å². The summed E-state index contributed by atoms with van der Waals surface area (Å²) in [6.07, 6.45) is 3.41. The molecule has 6 heteroatoms. The number of rotatable bonds is 5. The molecule has 0 unspecified atom stereocenters. The van der Waals surface area contributed by atoms with Crippen molar-refractivity contribution in [1.82, 2.24) is 15.0 Å². The number of anilines is 1. The minimum Gasteiger partial charge on any atom is -0.368 e. The minimum atomic E-state index is -0.509. The standard InChI is InChI=1S/C18H19N5O/c1-11(2)15(16(19)24)22-18-13-7-3-4-8-14(13)21-17(23-18)12-6-5-9-20-10-12/h3-11,15H,1-2H3,(H2,19,24)(H,21,22,23)/t15-/m0/s1. The number of nitrogens with two attached hydrogens (primary N) is 1. The van der Waals surface area contributed by atoms with E-state index in [0.717, 1.165) is 16.5 Å². The Morgan fingerprint density at radius 1 is 1.12 bits per heavy atom. The molecule has 122 valence electrons. The molecule has 1 aromatic carbocycles. The second-order valence-electron chi connectivity index (χ2n) is 5.92. The lowest BCUT2D eigenvalue weighted by Gasteiger charge is -2.20. The van der Waals surface area contributed by atoms with E-state index < -0.39 is 11.9 Å². The number of aromatic nitrogens is 3. The van der Waals surface area contributed by atoms with Crippen LogP contribution in [0.5, 0.6) is 0 Å². The van der Waals surface area contributed by atoms with E-state index >= 15 is 0 Å². The molecule has 0 radical (unpaired) electrons. The van der Waals surface area contributed by atoms with Crippen molar-refractivity contribution in [3.8, 4) is 11.4 Å². The molecule has 0 spiro atoms. The fraction of sp³-hybridized carbons (Fsp3) is 0.222. The second kappa shape index (κ2) is 6.62. The molecule has 3 N–H and O–H groups in total. The van der Waals surface area contributed by atoms with Crippen molar-refractivity contribution < 1.29 is 4.79 Å². The SMILES string of the molecule is CC(C)[C@H](Nc1nc(-c2cccnc2)nc2ccccc12)C(N)=O. The number of hydrogen-bond acceptors (Lipinski definition) is 5. The van der Waals surface area contributed by atoms with E-state index in [9.17, 15) is 4.79 Å². The van der Waals surface area contributed by atoms with Crippen LogP contribution in [0.1, 0.15) is 13.8 Å². The van der Waals surface area contributed by atoms with Gasteiger partial charge in [-0.1, -0.05) is 26.0 Å². The molecular weight excluding hydrogens is 302 g/mol. The quantitative estimate of drug-likeness (QED) is 0.753. The molecule has 0 saturated carbocycles. The van der Waals surface area contributed by atoms with Gasteiger partial charge in [-0.25, -0.2) is 9.97 Å². The maximum atomic E-state index is 11.7. The smallest absolute Gasteiger partial charge is 0.240 e. The first-order valence-corrected chi connectivity index (χ1v) is 7.79. The van der Waals surface area contributed by atoms with Gasteiger partial charge in [-0.05, 0) is 30.2 Å². The number of carbonyl (C=O) groups excluding carboxylic acids is 1. The fourth-order valence-corrected chi connectivity index (χ4v) is 2.52. The van der Waals surface area contributed by atoms with Crippen LogP contribution in [0, 0.1) is 5.92 Å². The van der Waals surface area contributed by atoms with Crippen LogP contribution in [-0.2, 0) is 4.79 Å². The van der Waals surface area contributed by atoms with Gasteiger partial charge in [0.25, 0.3) is 0 Å². The van der Waals surface area contributed by atoms with Crippen molar-refractivity contribution in [3.63, 3.8) is 0 Å². The molecule has 2 heterocycles. The zero-order chi connectivity index (χ0) is 17.1. The van der Waals surface area contributed by atoms with Crippen molar-refractivity contribution in [3.05, 3.63) is 48.8 Å². The summed E-state index contributed by atoms with van der Waals surface area (Å²) in [5.41, 5.74) is 7.13. The van der Waals surface area contributed by atoms with Gasteiger partial charge in [0, 0.05) is 23.3 Å². The van der Waals surface area contributed by atoms with Crippen molar-refractivity contribution in [2.24, 2.45) is 11.7 Å². The van der Waals surface area contributed by atoms with Crippen molar-refractivity contribution in [1.29, 1.82) is 0 Å². The van der Waals surface area contributed by atoms with Gasteiger partial charge in [0.1, 0.15) is 11.9 Å². The summed E-state index contributed by atoms with van der Waals surface area (Å²) in [7, 11) is 0. The number of para-hydroxylation sites is 1.